The van der Waals surface area contributed by atoms with Crippen LogP contribution >= 0.6 is 15.9 Å². The third-order valence-electron chi connectivity index (χ3n) is 2.65. The second-order valence-corrected chi connectivity index (χ2v) is 6.39. The van der Waals surface area contributed by atoms with Crippen LogP contribution in [-0.2, 0) is 4.74 Å². The van der Waals surface area contributed by atoms with Gasteiger partial charge in [-0.1, -0.05) is 6.07 Å². The Morgan fingerprint density at radius 3 is 2.78 bits per heavy atom. The van der Waals surface area contributed by atoms with Crippen LogP contribution in [0.15, 0.2) is 22.9 Å². The molecule has 1 aromatic rings. The molecule has 5 heteroatoms. The summed E-state index contributed by atoms with van der Waals surface area (Å²) in [7, 11) is 0. The zero-order valence-corrected chi connectivity index (χ0v) is 12.3. The third kappa shape index (κ3) is 3.70. The zero-order chi connectivity index (χ0) is 13.3. The molecule has 0 aromatic carbocycles. The van der Waals surface area contributed by atoms with E-state index in [1.54, 1.807) is 0 Å². The lowest BCUT2D eigenvalue weighted by molar-refractivity contribution is 0.128. The fraction of sp³-hybridized carbons (Fsp3) is 0.538. The third-order valence-corrected chi connectivity index (χ3v) is 3.11. The quantitative estimate of drug-likeness (QED) is 0.853. The van der Waals surface area contributed by atoms with Gasteiger partial charge < -0.3 is 10.1 Å². The van der Waals surface area contributed by atoms with E-state index in [9.17, 15) is 4.79 Å². The van der Waals surface area contributed by atoms with Gasteiger partial charge in [-0.25, -0.2) is 9.78 Å². The van der Waals surface area contributed by atoms with Gasteiger partial charge in [0.2, 0.25) is 0 Å². The smallest absolute Gasteiger partial charge is 0.407 e. The maximum Gasteiger partial charge on any atom is 0.407 e. The summed E-state index contributed by atoms with van der Waals surface area (Å²) in [5, 5.41) is 2.79. The number of pyridine rings is 1. The van der Waals surface area contributed by atoms with Gasteiger partial charge in [0.15, 0.2) is 0 Å². The summed E-state index contributed by atoms with van der Waals surface area (Å²) < 4.78 is 6.16. The van der Waals surface area contributed by atoms with Crippen molar-refractivity contribution >= 4 is 22.0 Å². The van der Waals surface area contributed by atoms with Gasteiger partial charge >= 0.3 is 6.09 Å². The first-order valence-corrected chi connectivity index (χ1v) is 6.75. The SMILES string of the molecule is CC(C)(C)NC(=O)OC1CC1c1ccc(Br)nc1. The predicted octanol–water partition coefficient (Wildman–Crippen LogP) is 3.22. The molecule has 18 heavy (non-hydrogen) atoms. The number of aromatic nitrogens is 1. The Balaban J connectivity index is 1.85. The maximum absolute atomic E-state index is 11.6. The second kappa shape index (κ2) is 4.88. The molecule has 1 aliphatic rings. The summed E-state index contributed by atoms with van der Waals surface area (Å²) in [6.07, 6.45) is 2.33. The second-order valence-electron chi connectivity index (χ2n) is 5.58. The summed E-state index contributed by atoms with van der Waals surface area (Å²) >= 11 is 3.30. The highest BCUT2D eigenvalue weighted by Gasteiger charge is 2.42. The number of amides is 1. The van der Waals surface area contributed by atoms with Crippen LogP contribution in [0.4, 0.5) is 4.79 Å². The summed E-state index contributed by atoms with van der Waals surface area (Å²) in [5.74, 6) is 0.288. The Hall–Kier alpha value is -1.10. The maximum atomic E-state index is 11.6. The van der Waals surface area contributed by atoms with Gasteiger partial charge in [0.1, 0.15) is 10.7 Å². The van der Waals surface area contributed by atoms with E-state index >= 15 is 0 Å². The van der Waals surface area contributed by atoms with E-state index < -0.39 is 0 Å². The van der Waals surface area contributed by atoms with Crippen LogP contribution in [0.3, 0.4) is 0 Å². The van der Waals surface area contributed by atoms with Gasteiger partial charge in [-0.05, 0) is 54.8 Å². The number of nitrogens with one attached hydrogen (secondary N) is 1. The standard InChI is InChI=1S/C13H17BrN2O2/c1-13(2,3)16-12(17)18-10-6-9(10)8-4-5-11(14)15-7-8/h4-5,7,9-10H,6H2,1-3H3,(H,16,17). The number of halogens is 1. The molecule has 98 valence electrons. The van der Waals surface area contributed by atoms with Crippen molar-refractivity contribution in [1.29, 1.82) is 0 Å². The van der Waals surface area contributed by atoms with Crippen molar-refractivity contribution in [2.75, 3.05) is 0 Å². The van der Waals surface area contributed by atoms with Crippen molar-refractivity contribution in [3.05, 3.63) is 28.5 Å². The highest BCUT2D eigenvalue weighted by atomic mass is 79.9. The van der Waals surface area contributed by atoms with E-state index in [4.69, 9.17) is 4.74 Å². The molecular formula is C13H17BrN2O2. The molecule has 1 heterocycles. The lowest BCUT2D eigenvalue weighted by Gasteiger charge is -2.20. The van der Waals surface area contributed by atoms with Crippen LogP contribution in [0.5, 0.6) is 0 Å². The summed E-state index contributed by atoms with van der Waals surface area (Å²) in [4.78, 5) is 15.8. The van der Waals surface area contributed by atoms with Crippen molar-refractivity contribution < 1.29 is 9.53 Å². The first kappa shape index (κ1) is 13.3. The van der Waals surface area contributed by atoms with E-state index in [0.717, 1.165) is 16.6 Å². The van der Waals surface area contributed by atoms with Gasteiger partial charge in [0, 0.05) is 17.7 Å². The number of hydrogen-bond acceptors (Lipinski definition) is 3. The molecule has 0 radical (unpaired) electrons. The average Bonchev–Trinajstić information content (AvgIpc) is 2.95. The summed E-state index contributed by atoms with van der Waals surface area (Å²) in [6.45, 7) is 5.78. The van der Waals surface area contributed by atoms with Gasteiger partial charge in [0.25, 0.3) is 0 Å². The molecule has 2 unspecified atom stereocenters. The van der Waals surface area contributed by atoms with Crippen molar-refractivity contribution in [2.24, 2.45) is 0 Å². The van der Waals surface area contributed by atoms with E-state index in [2.05, 4.69) is 26.2 Å². The highest BCUT2D eigenvalue weighted by molar-refractivity contribution is 9.10. The largest absolute Gasteiger partial charge is 0.446 e. The number of nitrogens with zero attached hydrogens (tertiary/aromatic N) is 1. The number of carbonyl (C=O) groups is 1. The van der Waals surface area contributed by atoms with Crippen LogP contribution in [0.25, 0.3) is 0 Å². The van der Waals surface area contributed by atoms with Crippen LogP contribution < -0.4 is 5.32 Å². The topological polar surface area (TPSA) is 51.2 Å². The Bertz CT molecular complexity index is 439. The van der Waals surface area contributed by atoms with Crippen LogP contribution in [0.2, 0.25) is 0 Å². The lowest BCUT2D eigenvalue weighted by Crippen LogP contribution is -2.41. The molecule has 0 spiro atoms. The lowest BCUT2D eigenvalue weighted by atomic mass is 10.1. The van der Waals surface area contributed by atoms with Gasteiger partial charge in [0.05, 0.1) is 0 Å². The normalized spacial score (nSPS) is 22.4. The molecule has 1 aliphatic carbocycles. The molecule has 2 atom stereocenters. The van der Waals surface area contributed by atoms with E-state index in [1.165, 1.54) is 0 Å². The first-order chi connectivity index (χ1) is 8.35. The molecular weight excluding hydrogens is 296 g/mol. The number of carbonyl (C=O) groups excluding carboxylic acids is 1. The van der Waals surface area contributed by atoms with E-state index in [0.29, 0.717) is 0 Å². The molecule has 0 aliphatic heterocycles. The average molecular weight is 313 g/mol. The number of alkyl carbamates (subject to hydrolysis) is 1. The minimum absolute atomic E-state index is 0.0182. The monoisotopic (exact) mass is 312 g/mol. The van der Waals surface area contributed by atoms with Gasteiger partial charge in [-0.3, -0.25) is 0 Å². The Morgan fingerprint density at radius 2 is 2.22 bits per heavy atom. The minimum atomic E-state index is -0.347. The fourth-order valence-electron chi connectivity index (χ4n) is 1.73. The van der Waals surface area contributed by atoms with E-state index in [-0.39, 0.29) is 23.7 Å². The fourth-order valence-corrected chi connectivity index (χ4v) is 1.97. The van der Waals surface area contributed by atoms with Crippen molar-refractivity contribution in [1.82, 2.24) is 10.3 Å². The van der Waals surface area contributed by atoms with E-state index in [1.807, 2.05) is 39.1 Å². The van der Waals surface area contributed by atoms with Crippen LogP contribution in [0, 0.1) is 0 Å². The van der Waals surface area contributed by atoms with Crippen molar-refractivity contribution in [2.45, 2.75) is 44.8 Å². The number of hydrogen-bond donors (Lipinski definition) is 1. The van der Waals surface area contributed by atoms with Crippen molar-refractivity contribution in [3.63, 3.8) is 0 Å². The molecule has 4 nitrogen and oxygen atoms in total. The zero-order valence-electron chi connectivity index (χ0n) is 10.7. The molecule has 1 N–H and O–H groups in total. The first-order valence-electron chi connectivity index (χ1n) is 5.95. The molecule has 1 aromatic heterocycles. The minimum Gasteiger partial charge on any atom is -0.446 e. The Labute approximate surface area is 115 Å². The van der Waals surface area contributed by atoms with Crippen molar-refractivity contribution in [3.8, 4) is 0 Å². The van der Waals surface area contributed by atoms with Crippen LogP contribution in [-0.4, -0.2) is 22.7 Å². The number of ether oxygens (including phenoxy) is 1. The molecule has 1 fully saturated rings. The molecule has 0 bridgehead atoms. The summed E-state index contributed by atoms with van der Waals surface area (Å²) in [6, 6.07) is 3.91. The molecule has 0 saturated heterocycles. The highest BCUT2D eigenvalue weighted by Crippen LogP contribution is 2.43. The molecule has 2 rings (SSSR count). The molecule has 1 amide bonds. The van der Waals surface area contributed by atoms with Gasteiger partial charge in [-0.2, -0.15) is 0 Å². The summed E-state index contributed by atoms with van der Waals surface area (Å²) in [5.41, 5.74) is 0.854. The Morgan fingerprint density at radius 1 is 1.50 bits per heavy atom. The number of rotatable bonds is 2. The molecule has 1 saturated carbocycles. The van der Waals surface area contributed by atoms with Gasteiger partial charge in [-0.15, -0.1) is 0 Å². The Kier molecular flexibility index (Phi) is 3.61. The predicted molar refractivity (Wildman–Crippen MR) is 72.5 cm³/mol. The van der Waals surface area contributed by atoms with Crippen LogP contribution in [0.1, 0.15) is 38.7 Å².